The van der Waals surface area contributed by atoms with Crippen LogP contribution in [-0.4, -0.2) is 36.6 Å². The second-order valence-corrected chi connectivity index (χ2v) is 3.69. The number of hydrogen-bond donors (Lipinski definition) is 0. The second kappa shape index (κ2) is 5.73. The molecule has 0 amide bonds. The number of rotatable bonds is 5. The van der Waals surface area contributed by atoms with Gasteiger partial charge in [-0.3, -0.25) is 4.98 Å². The molecule has 0 saturated carbocycles. The molecule has 0 aromatic carbocycles. The van der Waals surface area contributed by atoms with E-state index in [1.165, 1.54) is 0 Å². The lowest BCUT2D eigenvalue weighted by atomic mass is 10.3. The fourth-order valence-corrected chi connectivity index (χ4v) is 0.980. The Kier molecular flexibility index (Phi) is 4.56. The molecule has 0 radical (unpaired) electrons. The minimum Gasteiger partial charge on any atom is -0.375 e. The SMILES string of the molecule is CC(COCc1cccnc1)N(C)C. The predicted molar refractivity (Wildman–Crippen MR) is 57.0 cm³/mol. The third kappa shape index (κ3) is 3.85. The van der Waals surface area contributed by atoms with Gasteiger partial charge in [0.2, 0.25) is 0 Å². The maximum Gasteiger partial charge on any atom is 0.0732 e. The lowest BCUT2D eigenvalue weighted by Crippen LogP contribution is -2.29. The Balaban J connectivity index is 2.22. The molecular weight excluding hydrogens is 176 g/mol. The summed E-state index contributed by atoms with van der Waals surface area (Å²) in [7, 11) is 4.11. The molecule has 3 nitrogen and oxygen atoms in total. The molecule has 0 fully saturated rings. The van der Waals surface area contributed by atoms with Crippen LogP contribution >= 0.6 is 0 Å². The van der Waals surface area contributed by atoms with Gasteiger partial charge in [0.15, 0.2) is 0 Å². The summed E-state index contributed by atoms with van der Waals surface area (Å²) in [5.74, 6) is 0. The van der Waals surface area contributed by atoms with Gasteiger partial charge in [-0.25, -0.2) is 0 Å². The number of pyridine rings is 1. The van der Waals surface area contributed by atoms with Crippen molar-refractivity contribution in [3.8, 4) is 0 Å². The van der Waals surface area contributed by atoms with Gasteiger partial charge < -0.3 is 9.64 Å². The van der Waals surface area contributed by atoms with Crippen LogP contribution in [0.2, 0.25) is 0 Å². The Hall–Kier alpha value is -0.930. The van der Waals surface area contributed by atoms with Crippen LogP contribution in [0.3, 0.4) is 0 Å². The van der Waals surface area contributed by atoms with E-state index >= 15 is 0 Å². The smallest absolute Gasteiger partial charge is 0.0732 e. The van der Waals surface area contributed by atoms with E-state index in [0.29, 0.717) is 12.6 Å². The maximum absolute atomic E-state index is 5.56. The highest BCUT2D eigenvalue weighted by Gasteiger charge is 2.03. The zero-order valence-corrected chi connectivity index (χ0v) is 9.10. The van der Waals surface area contributed by atoms with Crippen LogP contribution in [-0.2, 0) is 11.3 Å². The van der Waals surface area contributed by atoms with Crippen molar-refractivity contribution >= 4 is 0 Å². The number of ether oxygens (including phenoxy) is 1. The largest absolute Gasteiger partial charge is 0.375 e. The molecule has 1 unspecified atom stereocenters. The molecule has 0 bridgehead atoms. The first-order valence-corrected chi connectivity index (χ1v) is 4.83. The number of nitrogens with zero attached hydrogens (tertiary/aromatic N) is 2. The lowest BCUT2D eigenvalue weighted by Gasteiger charge is -2.19. The lowest BCUT2D eigenvalue weighted by molar-refractivity contribution is 0.0749. The van der Waals surface area contributed by atoms with Gasteiger partial charge in [0, 0.05) is 18.4 Å². The topological polar surface area (TPSA) is 25.4 Å². The summed E-state index contributed by atoms with van der Waals surface area (Å²) in [4.78, 5) is 6.17. The molecule has 0 N–H and O–H groups in total. The normalized spacial score (nSPS) is 13.1. The first-order valence-electron chi connectivity index (χ1n) is 4.83. The molecule has 1 rings (SSSR count). The summed E-state index contributed by atoms with van der Waals surface area (Å²) in [5, 5.41) is 0. The molecule has 3 heteroatoms. The summed E-state index contributed by atoms with van der Waals surface area (Å²) in [5.41, 5.74) is 1.12. The fraction of sp³-hybridized carbons (Fsp3) is 0.545. The monoisotopic (exact) mass is 194 g/mol. The Morgan fingerprint density at radius 1 is 1.50 bits per heavy atom. The summed E-state index contributed by atoms with van der Waals surface area (Å²) in [6.07, 6.45) is 3.60. The minimum absolute atomic E-state index is 0.451. The van der Waals surface area contributed by atoms with Crippen molar-refractivity contribution in [3.63, 3.8) is 0 Å². The van der Waals surface area contributed by atoms with Gasteiger partial charge in [0.1, 0.15) is 0 Å². The standard InChI is InChI=1S/C11H18N2O/c1-10(13(2)3)8-14-9-11-5-4-6-12-7-11/h4-7,10H,8-9H2,1-3H3. The van der Waals surface area contributed by atoms with Gasteiger partial charge in [-0.05, 0) is 32.6 Å². The van der Waals surface area contributed by atoms with Crippen LogP contribution in [0.15, 0.2) is 24.5 Å². The van der Waals surface area contributed by atoms with Crippen LogP contribution < -0.4 is 0 Å². The van der Waals surface area contributed by atoms with E-state index in [9.17, 15) is 0 Å². The predicted octanol–water partition coefficient (Wildman–Crippen LogP) is 1.55. The van der Waals surface area contributed by atoms with E-state index in [4.69, 9.17) is 4.74 Å². The first-order chi connectivity index (χ1) is 6.70. The van der Waals surface area contributed by atoms with Crippen LogP contribution in [0.1, 0.15) is 12.5 Å². The van der Waals surface area contributed by atoms with Crippen molar-refractivity contribution in [2.75, 3.05) is 20.7 Å². The molecule has 14 heavy (non-hydrogen) atoms. The Labute approximate surface area is 85.7 Å². The number of hydrogen-bond acceptors (Lipinski definition) is 3. The Morgan fingerprint density at radius 3 is 2.86 bits per heavy atom. The summed E-state index contributed by atoms with van der Waals surface area (Å²) in [6, 6.07) is 4.40. The molecule has 1 aromatic heterocycles. The molecule has 0 spiro atoms. The van der Waals surface area contributed by atoms with Crippen LogP contribution in [0.25, 0.3) is 0 Å². The highest BCUT2D eigenvalue weighted by Crippen LogP contribution is 2.00. The molecule has 0 saturated heterocycles. The van der Waals surface area contributed by atoms with E-state index in [1.54, 1.807) is 6.20 Å². The summed E-state index contributed by atoms with van der Waals surface area (Å²) in [6.45, 7) is 3.54. The number of aromatic nitrogens is 1. The van der Waals surface area contributed by atoms with Crippen LogP contribution in [0.5, 0.6) is 0 Å². The van der Waals surface area contributed by atoms with Crippen molar-refractivity contribution < 1.29 is 4.74 Å². The van der Waals surface area contributed by atoms with Gasteiger partial charge in [0.05, 0.1) is 13.2 Å². The van der Waals surface area contributed by atoms with Gasteiger partial charge in [0.25, 0.3) is 0 Å². The van der Waals surface area contributed by atoms with E-state index < -0.39 is 0 Å². The van der Waals surface area contributed by atoms with Crippen molar-refractivity contribution in [3.05, 3.63) is 30.1 Å². The third-order valence-electron chi connectivity index (χ3n) is 2.23. The van der Waals surface area contributed by atoms with E-state index in [0.717, 1.165) is 12.2 Å². The second-order valence-electron chi connectivity index (χ2n) is 3.69. The molecule has 1 heterocycles. The maximum atomic E-state index is 5.56. The first kappa shape index (κ1) is 11.1. The minimum atomic E-state index is 0.451. The Morgan fingerprint density at radius 2 is 2.29 bits per heavy atom. The zero-order chi connectivity index (χ0) is 10.4. The van der Waals surface area contributed by atoms with E-state index in [2.05, 4.69) is 30.9 Å². The average Bonchev–Trinajstić information content (AvgIpc) is 2.19. The highest BCUT2D eigenvalue weighted by molar-refractivity contribution is 5.06. The van der Waals surface area contributed by atoms with Crippen molar-refractivity contribution in [1.82, 2.24) is 9.88 Å². The zero-order valence-electron chi connectivity index (χ0n) is 9.10. The van der Waals surface area contributed by atoms with Gasteiger partial charge in [-0.2, -0.15) is 0 Å². The molecule has 78 valence electrons. The van der Waals surface area contributed by atoms with Crippen molar-refractivity contribution in [2.24, 2.45) is 0 Å². The van der Waals surface area contributed by atoms with Gasteiger partial charge in [-0.15, -0.1) is 0 Å². The van der Waals surface area contributed by atoms with Crippen molar-refractivity contribution in [1.29, 1.82) is 0 Å². The molecule has 1 aromatic rings. The average molecular weight is 194 g/mol. The van der Waals surface area contributed by atoms with Crippen LogP contribution in [0.4, 0.5) is 0 Å². The fourth-order valence-electron chi connectivity index (χ4n) is 0.980. The van der Waals surface area contributed by atoms with E-state index in [-0.39, 0.29) is 0 Å². The molecule has 0 aliphatic rings. The Bertz CT molecular complexity index is 249. The molecule has 0 aliphatic carbocycles. The van der Waals surface area contributed by atoms with Gasteiger partial charge in [-0.1, -0.05) is 6.07 Å². The molecular formula is C11H18N2O. The highest BCUT2D eigenvalue weighted by atomic mass is 16.5. The third-order valence-corrected chi connectivity index (χ3v) is 2.23. The van der Waals surface area contributed by atoms with E-state index in [1.807, 2.05) is 18.3 Å². The van der Waals surface area contributed by atoms with Crippen molar-refractivity contribution in [2.45, 2.75) is 19.6 Å². The quantitative estimate of drug-likeness (QED) is 0.711. The van der Waals surface area contributed by atoms with Crippen LogP contribution in [0, 0.1) is 0 Å². The molecule has 1 atom stereocenters. The number of likely N-dealkylation sites (N-methyl/N-ethyl adjacent to an activating group) is 1. The summed E-state index contributed by atoms with van der Waals surface area (Å²) < 4.78 is 5.56. The van der Waals surface area contributed by atoms with Gasteiger partial charge >= 0.3 is 0 Å². The molecule has 0 aliphatic heterocycles. The summed E-state index contributed by atoms with van der Waals surface area (Å²) >= 11 is 0.